The minimum atomic E-state index is -0.929. The lowest BCUT2D eigenvalue weighted by Gasteiger charge is -2.39. The molecule has 4 aromatic rings. The number of hydrogen-bond donors (Lipinski definition) is 1. The Morgan fingerprint density at radius 3 is 2.12 bits per heavy atom. The number of fused-ring (bicyclic) bond motifs is 1. The second-order valence-corrected chi connectivity index (χ2v) is 7.90. The molecule has 2 heterocycles. The van der Waals surface area contributed by atoms with Crippen molar-refractivity contribution in [2.24, 2.45) is 0 Å². The third-order valence-electron chi connectivity index (χ3n) is 5.90. The van der Waals surface area contributed by atoms with Gasteiger partial charge in [0, 0.05) is 18.2 Å². The molecule has 1 N–H and O–H groups in total. The van der Waals surface area contributed by atoms with E-state index in [1.54, 1.807) is 24.4 Å². The molecule has 0 aliphatic carbocycles. The van der Waals surface area contributed by atoms with Crippen LogP contribution in [0.25, 0.3) is 11.1 Å². The topological polar surface area (TPSA) is 51.2 Å². The maximum absolute atomic E-state index is 13.4. The number of nitrogens with zero attached hydrogens (tertiary/aromatic N) is 1. The van der Waals surface area contributed by atoms with Crippen molar-refractivity contribution in [2.45, 2.75) is 12.0 Å². The summed E-state index contributed by atoms with van der Waals surface area (Å²) in [6.45, 7) is 0.391. The molecule has 6 heteroatoms. The summed E-state index contributed by atoms with van der Waals surface area (Å²) in [6, 6.07) is 23.1. The number of amides is 1. The zero-order valence-electron chi connectivity index (χ0n) is 17.6. The maximum Gasteiger partial charge on any atom is 0.252 e. The highest BCUT2D eigenvalue weighted by Crippen LogP contribution is 2.41. The molecule has 3 aromatic carbocycles. The van der Waals surface area contributed by atoms with Crippen LogP contribution in [0, 0.1) is 11.6 Å². The standard InChI is InChI=1S/C27H20F2N2O2/c28-22-11-5-19(6-12-22)18-3-9-21(10-4-18)27(15-17-33-24-2-1-16-30-25(24)27)31-26(32)20-7-13-23(29)14-8-20/h1-14,16H,15,17H2,(H,31,32). The Kier molecular flexibility index (Phi) is 5.34. The molecule has 0 bridgehead atoms. The molecule has 5 rings (SSSR count). The summed E-state index contributed by atoms with van der Waals surface area (Å²) >= 11 is 0. The molecule has 0 spiro atoms. The van der Waals surface area contributed by atoms with Crippen LogP contribution in [0.15, 0.2) is 91.1 Å². The van der Waals surface area contributed by atoms with Crippen molar-refractivity contribution in [1.29, 1.82) is 0 Å². The van der Waals surface area contributed by atoms with Crippen LogP contribution >= 0.6 is 0 Å². The summed E-state index contributed by atoms with van der Waals surface area (Å²) in [7, 11) is 0. The van der Waals surface area contributed by atoms with Crippen molar-refractivity contribution in [3.05, 3.63) is 120 Å². The summed E-state index contributed by atoms with van der Waals surface area (Å²) in [5, 5.41) is 3.15. The van der Waals surface area contributed by atoms with Crippen molar-refractivity contribution in [3.63, 3.8) is 0 Å². The number of aromatic nitrogens is 1. The largest absolute Gasteiger partial charge is 0.491 e. The fourth-order valence-electron chi connectivity index (χ4n) is 4.19. The van der Waals surface area contributed by atoms with Gasteiger partial charge in [0.15, 0.2) is 0 Å². The number of carbonyl (C=O) groups excluding carboxylic acids is 1. The molecule has 4 nitrogen and oxygen atoms in total. The Labute approximate surface area is 189 Å². The number of carbonyl (C=O) groups is 1. The van der Waals surface area contributed by atoms with E-state index in [1.165, 1.54) is 36.4 Å². The first-order valence-corrected chi connectivity index (χ1v) is 10.6. The quantitative estimate of drug-likeness (QED) is 0.455. The predicted octanol–water partition coefficient (Wildman–Crippen LogP) is 5.48. The van der Waals surface area contributed by atoms with Gasteiger partial charge in [-0.15, -0.1) is 0 Å². The fraction of sp³-hybridized carbons (Fsp3) is 0.111. The summed E-state index contributed by atoms with van der Waals surface area (Å²) < 4.78 is 32.5. The van der Waals surface area contributed by atoms with Crippen LogP contribution in [-0.2, 0) is 5.54 Å². The van der Waals surface area contributed by atoms with Gasteiger partial charge < -0.3 is 10.1 Å². The Morgan fingerprint density at radius 2 is 1.45 bits per heavy atom. The average Bonchev–Trinajstić information content (AvgIpc) is 2.85. The van der Waals surface area contributed by atoms with Gasteiger partial charge in [0.25, 0.3) is 5.91 Å². The molecule has 1 amide bonds. The second kappa shape index (κ2) is 8.47. The lowest BCUT2D eigenvalue weighted by molar-refractivity contribution is 0.0883. The first kappa shape index (κ1) is 20.8. The molecule has 1 aliphatic rings. The van der Waals surface area contributed by atoms with Crippen molar-refractivity contribution in [3.8, 4) is 16.9 Å². The predicted molar refractivity (Wildman–Crippen MR) is 121 cm³/mol. The van der Waals surface area contributed by atoms with Gasteiger partial charge in [0.05, 0.1) is 6.61 Å². The Balaban J connectivity index is 1.57. The van der Waals surface area contributed by atoms with Crippen molar-refractivity contribution < 1.29 is 18.3 Å². The molecular formula is C27H20F2N2O2. The SMILES string of the molecule is O=C(NC1(c2ccc(-c3ccc(F)cc3)cc2)CCOc2cccnc21)c1ccc(F)cc1. The van der Waals surface area contributed by atoms with Crippen molar-refractivity contribution >= 4 is 5.91 Å². The highest BCUT2D eigenvalue weighted by atomic mass is 19.1. The zero-order chi connectivity index (χ0) is 22.8. The van der Waals surface area contributed by atoms with Gasteiger partial charge in [-0.3, -0.25) is 9.78 Å². The van der Waals surface area contributed by atoms with Crippen LogP contribution in [-0.4, -0.2) is 17.5 Å². The number of pyridine rings is 1. The fourth-order valence-corrected chi connectivity index (χ4v) is 4.19. The second-order valence-electron chi connectivity index (χ2n) is 7.90. The van der Waals surface area contributed by atoms with Crippen LogP contribution < -0.4 is 10.1 Å². The van der Waals surface area contributed by atoms with Crippen LogP contribution in [0.2, 0.25) is 0 Å². The van der Waals surface area contributed by atoms with Gasteiger partial charge in [0.1, 0.15) is 28.6 Å². The maximum atomic E-state index is 13.4. The van der Waals surface area contributed by atoms with Crippen LogP contribution in [0.1, 0.15) is 28.0 Å². The minimum absolute atomic E-state index is 0.289. The Hall–Kier alpha value is -4.06. The van der Waals surface area contributed by atoms with Gasteiger partial charge in [0.2, 0.25) is 0 Å². The van der Waals surface area contributed by atoms with Crippen LogP contribution in [0.5, 0.6) is 5.75 Å². The normalized spacial score (nSPS) is 17.0. The molecule has 1 aliphatic heterocycles. The van der Waals surface area contributed by atoms with Crippen LogP contribution in [0.4, 0.5) is 8.78 Å². The van der Waals surface area contributed by atoms with Crippen LogP contribution in [0.3, 0.4) is 0 Å². The van der Waals surface area contributed by atoms with Crippen molar-refractivity contribution in [1.82, 2.24) is 10.3 Å². The van der Waals surface area contributed by atoms with Gasteiger partial charge in [-0.2, -0.15) is 0 Å². The molecule has 0 fully saturated rings. The smallest absolute Gasteiger partial charge is 0.252 e. The number of rotatable bonds is 4. The van der Waals surface area contributed by atoms with E-state index in [9.17, 15) is 13.6 Å². The van der Waals surface area contributed by atoms with E-state index in [0.717, 1.165) is 16.7 Å². The summed E-state index contributed by atoms with van der Waals surface area (Å²) in [4.78, 5) is 17.8. The molecule has 0 saturated heterocycles. The third kappa shape index (κ3) is 3.96. The van der Waals surface area contributed by atoms with Crippen molar-refractivity contribution in [2.75, 3.05) is 6.61 Å². The molecular weight excluding hydrogens is 422 g/mol. The lowest BCUT2D eigenvalue weighted by Crippen LogP contribution is -2.50. The summed E-state index contributed by atoms with van der Waals surface area (Å²) in [5.74, 6) is -0.430. The van der Waals surface area contributed by atoms with E-state index in [2.05, 4.69) is 10.3 Å². The minimum Gasteiger partial charge on any atom is -0.491 e. The molecule has 0 saturated carbocycles. The number of ether oxygens (including phenoxy) is 1. The monoisotopic (exact) mass is 442 g/mol. The summed E-state index contributed by atoms with van der Waals surface area (Å²) in [5.41, 5.74) is 2.68. The van der Waals surface area contributed by atoms with E-state index >= 15 is 0 Å². The van der Waals surface area contributed by atoms with Gasteiger partial charge in [-0.05, 0) is 65.2 Å². The zero-order valence-corrected chi connectivity index (χ0v) is 17.6. The number of hydrogen-bond acceptors (Lipinski definition) is 3. The van der Waals surface area contributed by atoms with Gasteiger partial charge in [-0.1, -0.05) is 36.4 Å². The highest BCUT2D eigenvalue weighted by Gasteiger charge is 2.42. The van der Waals surface area contributed by atoms with E-state index in [4.69, 9.17) is 4.74 Å². The van der Waals surface area contributed by atoms with Gasteiger partial charge in [-0.25, -0.2) is 8.78 Å². The third-order valence-corrected chi connectivity index (χ3v) is 5.90. The first-order valence-electron chi connectivity index (χ1n) is 10.6. The van der Waals surface area contributed by atoms with E-state index in [1.807, 2.05) is 30.3 Å². The van der Waals surface area contributed by atoms with E-state index in [-0.39, 0.29) is 11.7 Å². The molecule has 1 atom stereocenters. The Morgan fingerprint density at radius 1 is 0.848 bits per heavy atom. The summed E-state index contributed by atoms with van der Waals surface area (Å²) in [6.07, 6.45) is 2.14. The average molecular weight is 442 g/mol. The highest BCUT2D eigenvalue weighted by molar-refractivity contribution is 5.95. The molecule has 33 heavy (non-hydrogen) atoms. The van der Waals surface area contributed by atoms with E-state index in [0.29, 0.717) is 30.0 Å². The molecule has 1 aromatic heterocycles. The molecule has 1 unspecified atom stereocenters. The van der Waals surface area contributed by atoms with E-state index < -0.39 is 11.4 Å². The first-order chi connectivity index (χ1) is 16.0. The number of halogens is 2. The number of nitrogens with one attached hydrogen (secondary N) is 1. The molecule has 164 valence electrons. The Bertz CT molecular complexity index is 1290. The molecule has 0 radical (unpaired) electrons. The number of benzene rings is 3. The van der Waals surface area contributed by atoms with Gasteiger partial charge >= 0.3 is 0 Å². The lowest BCUT2D eigenvalue weighted by atomic mass is 9.80.